The second kappa shape index (κ2) is 9.56. The third-order valence-electron chi connectivity index (χ3n) is 7.77. The third kappa shape index (κ3) is 4.41. The van der Waals surface area contributed by atoms with E-state index >= 15 is 0 Å². The van der Waals surface area contributed by atoms with Crippen LogP contribution in [0.4, 0.5) is 0 Å². The van der Waals surface area contributed by atoms with Crippen molar-refractivity contribution in [2.45, 2.75) is 38.9 Å². The minimum atomic E-state index is -2.45. The number of carbonyl (C=O) groups is 1. The van der Waals surface area contributed by atoms with Gasteiger partial charge in [-0.2, -0.15) is 0 Å². The maximum atomic E-state index is 14.2. The van der Waals surface area contributed by atoms with E-state index in [0.29, 0.717) is 0 Å². The Morgan fingerprint density at radius 1 is 0.676 bits per heavy atom. The van der Waals surface area contributed by atoms with Gasteiger partial charge in [-0.15, -0.1) is 0 Å². The standard InChI is InChI=1S/C33H34O2PSi/c1-33(2,3)37(4,5)35-31-22-21-25-23-32(30(34)24-29(25)31)36(26-15-9-6-10-16-26,27-17-11-7-12-18-27)28-19-13-8-14-20-28/h6-24H,1-5H3/q+1. The molecule has 2 aliphatic rings. The second-order valence-corrected chi connectivity index (χ2v) is 19.2. The minimum Gasteiger partial charge on any atom is -0.543 e. The van der Waals surface area contributed by atoms with E-state index in [9.17, 15) is 4.79 Å². The lowest BCUT2D eigenvalue weighted by atomic mass is 10.0. The average Bonchev–Trinajstić information content (AvgIpc) is 3.26. The number of carbonyl (C=O) groups excluding carboxylic acids is 1. The lowest BCUT2D eigenvalue weighted by Gasteiger charge is -2.37. The number of hydrogen-bond acceptors (Lipinski definition) is 2. The van der Waals surface area contributed by atoms with Crippen LogP contribution in [0.25, 0.3) is 0 Å². The van der Waals surface area contributed by atoms with E-state index in [1.54, 1.807) is 0 Å². The molecule has 4 heteroatoms. The summed E-state index contributed by atoms with van der Waals surface area (Å²) in [5, 5.41) is 4.45. The predicted molar refractivity (Wildman–Crippen MR) is 161 cm³/mol. The van der Waals surface area contributed by atoms with Crippen molar-refractivity contribution in [2.24, 2.45) is 0 Å². The first-order valence-electron chi connectivity index (χ1n) is 12.8. The van der Waals surface area contributed by atoms with Gasteiger partial charge in [-0.05, 0) is 72.3 Å². The maximum Gasteiger partial charge on any atom is 0.250 e. The minimum absolute atomic E-state index is 0.0590. The molecule has 3 aromatic carbocycles. The fraction of sp³-hybridized carbons (Fsp3) is 0.182. The normalized spacial score (nSPS) is 15.9. The Kier molecular flexibility index (Phi) is 6.56. The summed E-state index contributed by atoms with van der Waals surface area (Å²) in [4.78, 5) is 14.2. The Bertz CT molecular complexity index is 1340. The number of benzene rings is 3. The van der Waals surface area contributed by atoms with E-state index < -0.39 is 15.6 Å². The molecular weight excluding hydrogens is 487 g/mol. The summed E-state index contributed by atoms with van der Waals surface area (Å²) in [5.74, 6) is 0.886. The van der Waals surface area contributed by atoms with Gasteiger partial charge in [0, 0.05) is 11.6 Å². The summed E-state index contributed by atoms with van der Waals surface area (Å²) < 4.78 is 6.66. The van der Waals surface area contributed by atoms with Gasteiger partial charge >= 0.3 is 0 Å². The topological polar surface area (TPSA) is 26.3 Å². The Morgan fingerprint density at radius 2 is 1.14 bits per heavy atom. The largest absolute Gasteiger partial charge is 0.543 e. The molecule has 0 aliphatic heterocycles. The van der Waals surface area contributed by atoms with Gasteiger partial charge in [-0.1, -0.05) is 81.4 Å². The van der Waals surface area contributed by atoms with Crippen molar-refractivity contribution in [2.75, 3.05) is 0 Å². The first-order valence-corrected chi connectivity index (χ1v) is 17.5. The summed E-state index contributed by atoms with van der Waals surface area (Å²) in [6.45, 7) is 11.2. The lowest BCUT2D eigenvalue weighted by molar-refractivity contribution is -0.110. The Morgan fingerprint density at radius 3 is 1.57 bits per heavy atom. The molecule has 0 atom stereocenters. The van der Waals surface area contributed by atoms with Crippen molar-refractivity contribution in [1.82, 2.24) is 0 Å². The van der Waals surface area contributed by atoms with Crippen LogP contribution in [-0.4, -0.2) is 14.1 Å². The number of fused-ring (bicyclic) bond motifs is 1. The Labute approximate surface area is 222 Å². The predicted octanol–water partition coefficient (Wildman–Crippen LogP) is 7.22. The van der Waals surface area contributed by atoms with E-state index in [1.807, 2.05) is 30.4 Å². The van der Waals surface area contributed by atoms with Crippen LogP contribution >= 0.6 is 7.26 Å². The highest BCUT2D eigenvalue weighted by Gasteiger charge is 2.53. The van der Waals surface area contributed by atoms with Gasteiger partial charge < -0.3 is 4.43 Å². The Balaban J connectivity index is 1.67. The van der Waals surface area contributed by atoms with Crippen LogP contribution in [0.2, 0.25) is 18.1 Å². The van der Waals surface area contributed by atoms with Crippen LogP contribution in [0.15, 0.2) is 138 Å². The molecule has 0 heterocycles. The zero-order valence-corrected chi connectivity index (χ0v) is 24.1. The fourth-order valence-corrected chi connectivity index (χ4v) is 10.1. The van der Waals surface area contributed by atoms with Crippen LogP contribution in [0.5, 0.6) is 0 Å². The van der Waals surface area contributed by atoms with Gasteiger partial charge in [0.1, 0.15) is 28.9 Å². The highest BCUT2D eigenvalue weighted by molar-refractivity contribution is 7.99. The molecule has 0 amide bonds. The highest BCUT2D eigenvalue weighted by Crippen LogP contribution is 2.64. The quantitative estimate of drug-likeness (QED) is 0.253. The third-order valence-corrected chi connectivity index (χ3v) is 16.4. The molecule has 5 rings (SSSR count). The second-order valence-electron chi connectivity index (χ2n) is 11.1. The van der Waals surface area contributed by atoms with Crippen LogP contribution < -0.4 is 15.9 Å². The van der Waals surface area contributed by atoms with Crippen molar-refractivity contribution >= 4 is 37.3 Å². The average molecular weight is 522 g/mol. The van der Waals surface area contributed by atoms with Crippen molar-refractivity contribution in [3.63, 3.8) is 0 Å². The van der Waals surface area contributed by atoms with Gasteiger partial charge in [0.2, 0.25) is 5.78 Å². The van der Waals surface area contributed by atoms with Crippen LogP contribution in [-0.2, 0) is 9.22 Å². The zero-order valence-electron chi connectivity index (χ0n) is 22.2. The molecule has 2 nitrogen and oxygen atoms in total. The van der Waals surface area contributed by atoms with E-state index in [1.165, 1.54) is 15.9 Å². The number of ketones is 1. The van der Waals surface area contributed by atoms with Crippen LogP contribution in [0, 0.1) is 0 Å². The molecule has 186 valence electrons. The van der Waals surface area contributed by atoms with Crippen LogP contribution in [0.1, 0.15) is 20.8 Å². The number of allylic oxidation sites excluding steroid dienone is 6. The molecule has 0 radical (unpaired) electrons. The van der Waals surface area contributed by atoms with Crippen molar-refractivity contribution in [1.29, 1.82) is 0 Å². The molecule has 0 bridgehead atoms. The SMILES string of the molecule is CC(C)(C)[Si](C)(C)OC1=CC=C2C=C([P+](c3ccccc3)(c3ccccc3)c3ccccc3)C(=O)C=C21. The fourth-order valence-electron chi connectivity index (χ4n) is 4.79. The highest BCUT2D eigenvalue weighted by atomic mass is 31.2. The molecule has 37 heavy (non-hydrogen) atoms. The molecule has 0 N–H and O–H groups in total. The van der Waals surface area contributed by atoms with Gasteiger partial charge in [-0.3, -0.25) is 4.79 Å². The van der Waals surface area contributed by atoms with Gasteiger partial charge in [0.25, 0.3) is 8.32 Å². The Hall–Kier alpha value is -3.26. The summed E-state index contributed by atoms with van der Waals surface area (Å²) >= 11 is 0. The maximum absolute atomic E-state index is 14.2. The van der Waals surface area contributed by atoms with E-state index in [-0.39, 0.29) is 10.8 Å². The molecule has 0 saturated heterocycles. The summed E-state index contributed by atoms with van der Waals surface area (Å²) in [5.41, 5.74) is 1.96. The van der Waals surface area contributed by atoms with Gasteiger partial charge in [0.15, 0.2) is 5.31 Å². The van der Waals surface area contributed by atoms with E-state index in [0.717, 1.165) is 22.2 Å². The molecule has 0 aromatic heterocycles. The molecule has 0 unspecified atom stereocenters. The summed E-state index contributed by atoms with van der Waals surface area (Å²) in [7, 11) is -4.50. The molecular formula is C33H34O2PSi+. The first-order chi connectivity index (χ1) is 17.6. The summed E-state index contributed by atoms with van der Waals surface area (Å²) in [6, 6.07) is 31.6. The number of hydrogen-bond donors (Lipinski definition) is 0. The summed E-state index contributed by atoms with van der Waals surface area (Å²) in [6.07, 6.45) is 8.10. The van der Waals surface area contributed by atoms with Crippen molar-refractivity contribution in [3.8, 4) is 0 Å². The molecule has 2 aliphatic carbocycles. The van der Waals surface area contributed by atoms with Crippen LogP contribution in [0.3, 0.4) is 0 Å². The first kappa shape index (κ1) is 25.4. The van der Waals surface area contributed by atoms with Crippen molar-refractivity contribution in [3.05, 3.63) is 138 Å². The van der Waals surface area contributed by atoms with Crippen molar-refractivity contribution < 1.29 is 9.22 Å². The molecule has 0 spiro atoms. The smallest absolute Gasteiger partial charge is 0.250 e. The lowest BCUT2D eigenvalue weighted by Crippen LogP contribution is -2.40. The van der Waals surface area contributed by atoms with E-state index in [2.05, 4.69) is 119 Å². The number of rotatable bonds is 6. The molecule has 0 saturated carbocycles. The molecule has 0 fully saturated rings. The van der Waals surface area contributed by atoms with Gasteiger partial charge in [0.05, 0.1) is 0 Å². The molecule has 3 aromatic rings. The monoisotopic (exact) mass is 521 g/mol. The van der Waals surface area contributed by atoms with Gasteiger partial charge in [-0.25, -0.2) is 0 Å². The zero-order chi connectivity index (χ0) is 26.3. The van der Waals surface area contributed by atoms with E-state index in [4.69, 9.17) is 4.43 Å².